The van der Waals surface area contributed by atoms with Gasteiger partial charge in [-0.05, 0) is 54.2 Å². The van der Waals surface area contributed by atoms with Crippen LogP contribution in [0.4, 0.5) is 0 Å². The van der Waals surface area contributed by atoms with E-state index in [1.54, 1.807) is 11.1 Å². The minimum atomic E-state index is 0.440. The Bertz CT molecular complexity index is 453. The molecule has 1 saturated carbocycles. The third-order valence-corrected chi connectivity index (χ3v) is 5.84. The minimum Gasteiger partial charge on any atom is -0.316 e. The lowest BCUT2D eigenvalue weighted by atomic mass is 9.44. The van der Waals surface area contributed by atoms with Crippen LogP contribution in [0.25, 0.3) is 0 Å². The second-order valence-electron chi connectivity index (χ2n) is 6.53. The van der Waals surface area contributed by atoms with E-state index in [-0.39, 0.29) is 0 Å². The summed E-state index contributed by atoms with van der Waals surface area (Å²) in [5.74, 6) is 2.33. The van der Waals surface area contributed by atoms with Crippen molar-refractivity contribution < 1.29 is 0 Å². The SMILES string of the molecule is CCC1(C)C(NC)C2CC(C)c3ccccc3C21. The van der Waals surface area contributed by atoms with E-state index in [4.69, 9.17) is 0 Å². The van der Waals surface area contributed by atoms with E-state index in [9.17, 15) is 0 Å². The van der Waals surface area contributed by atoms with Crippen LogP contribution in [0.1, 0.15) is 56.6 Å². The number of benzene rings is 1. The molecule has 2 aliphatic rings. The lowest BCUT2D eigenvalue weighted by Crippen LogP contribution is -2.64. The lowest BCUT2D eigenvalue weighted by molar-refractivity contribution is -0.0401. The van der Waals surface area contributed by atoms with Crippen molar-refractivity contribution in [3.8, 4) is 0 Å². The Kier molecular flexibility index (Phi) is 2.78. The Balaban J connectivity index is 2.06. The number of fused-ring (bicyclic) bond motifs is 3. The molecule has 0 amide bonds. The molecule has 2 aliphatic carbocycles. The molecule has 1 aromatic carbocycles. The van der Waals surface area contributed by atoms with Gasteiger partial charge in [0.25, 0.3) is 0 Å². The van der Waals surface area contributed by atoms with Crippen molar-refractivity contribution in [1.82, 2.24) is 5.32 Å². The number of nitrogens with one attached hydrogen (secondary N) is 1. The molecule has 0 heterocycles. The molecule has 1 heteroatoms. The smallest absolute Gasteiger partial charge is 0.0158 e. The second-order valence-corrected chi connectivity index (χ2v) is 6.53. The number of rotatable bonds is 2. The Hall–Kier alpha value is -0.820. The van der Waals surface area contributed by atoms with Crippen molar-refractivity contribution in [2.24, 2.45) is 11.3 Å². The van der Waals surface area contributed by atoms with Crippen LogP contribution in [0, 0.1) is 11.3 Å². The highest BCUT2D eigenvalue weighted by atomic mass is 15.0. The molecule has 18 heavy (non-hydrogen) atoms. The number of hydrogen-bond acceptors (Lipinski definition) is 1. The van der Waals surface area contributed by atoms with Crippen LogP contribution < -0.4 is 5.32 Å². The van der Waals surface area contributed by atoms with Gasteiger partial charge in [-0.2, -0.15) is 0 Å². The van der Waals surface area contributed by atoms with Gasteiger partial charge in [0.2, 0.25) is 0 Å². The molecule has 0 bridgehead atoms. The first-order chi connectivity index (χ1) is 8.63. The molecule has 5 unspecified atom stereocenters. The average Bonchev–Trinajstić information content (AvgIpc) is 2.38. The summed E-state index contributed by atoms with van der Waals surface area (Å²) in [6.07, 6.45) is 2.62. The molecule has 3 rings (SSSR count). The predicted octanol–water partition coefficient (Wildman–Crippen LogP) is 3.91. The molecule has 0 aromatic heterocycles. The summed E-state index contributed by atoms with van der Waals surface area (Å²) in [5, 5.41) is 3.59. The van der Waals surface area contributed by atoms with Crippen molar-refractivity contribution >= 4 is 0 Å². The molecule has 0 saturated heterocycles. The fraction of sp³-hybridized carbons (Fsp3) is 0.647. The van der Waals surface area contributed by atoms with E-state index in [1.165, 1.54) is 12.8 Å². The molecule has 1 aromatic rings. The molecule has 1 fully saturated rings. The van der Waals surface area contributed by atoms with Gasteiger partial charge >= 0.3 is 0 Å². The van der Waals surface area contributed by atoms with Gasteiger partial charge in [-0.15, -0.1) is 0 Å². The van der Waals surface area contributed by atoms with Crippen LogP contribution in [-0.4, -0.2) is 13.1 Å². The molecular formula is C17H25N. The summed E-state index contributed by atoms with van der Waals surface area (Å²) in [7, 11) is 2.14. The maximum Gasteiger partial charge on any atom is 0.0158 e. The Morgan fingerprint density at radius 1 is 1.28 bits per heavy atom. The second kappa shape index (κ2) is 4.09. The van der Waals surface area contributed by atoms with Gasteiger partial charge in [-0.1, -0.05) is 45.0 Å². The Labute approximate surface area is 111 Å². The van der Waals surface area contributed by atoms with Gasteiger partial charge in [0.15, 0.2) is 0 Å². The van der Waals surface area contributed by atoms with Gasteiger partial charge in [-0.25, -0.2) is 0 Å². The van der Waals surface area contributed by atoms with Crippen molar-refractivity contribution in [2.75, 3.05) is 7.05 Å². The third kappa shape index (κ3) is 1.37. The molecule has 1 nitrogen and oxygen atoms in total. The third-order valence-electron chi connectivity index (χ3n) is 5.84. The summed E-state index contributed by atoms with van der Waals surface area (Å²) >= 11 is 0. The van der Waals surface area contributed by atoms with Crippen LogP contribution >= 0.6 is 0 Å². The van der Waals surface area contributed by atoms with Gasteiger partial charge in [-0.3, -0.25) is 0 Å². The van der Waals surface area contributed by atoms with E-state index in [0.29, 0.717) is 11.5 Å². The van der Waals surface area contributed by atoms with E-state index in [2.05, 4.69) is 57.4 Å². The standard InChI is InChI=1S/C17H25N/c1-5-17(3)15-13-9-7-6-8-12(13)11(2)10-14(15)16(17)18-4/h6-9,11,14-16,18H,5,10H2,1-4H3. The van der Waals surface area contributed by atoms with Crippen molar-refractivity contribution in [1.29, 1.82) is 0 Å². The zero-order valence-corrected chi connectivity index (χ0v) is 12.0. The van der Waals surface area contributed by atoms with Crippen LogP contribution in [0.3, 0.4) is 0 Å². The Morgan fingerprint density at radius 3 is 2.56 bits per heavy atom. The minimum absolute atomic E-state index is 0.440. The zero-order chi connectivity index (χ0) is 12.9. The molecule has 0 radical (unpaired) electrons. The fourth-order valence-electron chi connectivity index (χ4n) is 4.87. The van der Waals surface area contributed by atoms with Crippen LogP contribution in [-0.2, 0) is 0 Å². The summed E-state index contributed by atoms with van der Waals surface area (Å²) in [6, 6.07) is 9.84. The van der Waals surface area contributed by atoms with Crippen LogP contribution in [0.5, 0.6) is 0 Å². The van der Waals surface area contributed by atoms with Gasteiger partial charge in [0.05, 0.1) is 0 Å². The predicted molar refractivity (Wildman–Crippen MR) is 77.0 cm³/mol. The molecule has 1 N–H and O–H groups in total. The molecule has 0 spiro atoms. The summed E-state index contributed by atoms with van der Waals surface area (Å²) < 4.78 is 0. The summed E-state index contributed by atoms with van der Waals surface area (Å²) in [5.41, 5.74) is 3.68. The first-order valence-corrected chi connectivity index (χ1v) is 7.39. The van der Waals surface area contributed by atoms with Crippen molar-refractivity contribution in [3.63, 3.8) is 0 Å². The van der Waals surface area contributed by atoms with E-state index < -0.39 is 0 Å². The van der Waals surface area contributed by atoms with Gasteiger partial charge in [0.1, 0.15) is 0 Å². The summed E-state index contributed by atoms with van der Waals surface area (Å²) in [6.45, 7) is 7.21. The van der Waals surface area contributed by atoms with E-state index >= 15 is 0 Å². The Morgan fingerprint density at radius 2 is 1.94 bits per heavy atom. The largest absolute Gasteiger partial charge is 0.316 e. The van der Waals surface area contributed by atoms with E-state index in [0.717, 1.165) is 17.8 Å². The number of hydrogen-bond donors (Lipinski definition) is 1. The van der Waals surface area contributed by atoms with Crippen molar-refractivity contribution in [2.45, 2.75) is 51.5 Å². The van der Waals surface area contributed by atoms with Crippen LogP contribution in [0.15, 0.2) is 24.3 Å². The monoisotopic (exact) mass is 243 g/mol. The quantitative estimate of drug-likeness (QED) is 0.830. The average molecular weight is 243 g/mol. The highest BCUT2D eigenvalue weighted by molar-refractivity contribution is 5.42. The first kappa shape index (κ1) is 12.2. The molecule has 0 aliphatic heterocycles. The van der Waals surface area contributed by atoms with Gasteiger partial charge in [0, 0.05) is 6.04 Å². The zero-order valence-electron chi connectivity index (χ0n) is 12.0. The molecular weight excluding hydrogens is 218 g/mol. The first-order valence-electron chi connectivity index (χ1n) is 7.39. The molecule has 98 valence electrons. The summed E-state index contributed by atoms with van der Waals surface area (Å²) in [4.78, 5) is 0. The van der Waals surface area contributed by atoms with Gasteiger partial charge < -0.3 is 5.32 Å². The van der Waals surface area contributed by atoms with Crippen LogP contribution in [0.2, 0.25) is 0 Å². The fourth-order valence-corrected chi connectivity index (χ4v) is 4.87. The molecule has 5 atom stereocenters. The lowest BCUT2D eigenvalue weighted by Gasteiger charge is -2.63. The van der Waals surface area contributed by atoms with Crippen molar-refractivity contribution in [3.05, 3.63) is 35.4 Å². The normalized spacial score (nSPS) is 41.8. The maximum absolute atomic E-state index is 3.59. The highest BCUT2D eigenvalue weighted by Crippen LogP contribution is 2.64. The van der Waals surface area contributed by atoms with E-state index in [1.807, 2.05) is 0 Å². The highest BCUT2D eigenvalue weighted by Gasteiger charge is 2.59. The topological polar surface area (TPSA) is 12.0 Å². The maximum atomic E-state index is 3.59.